The van der Waals surface area contributed by atoms with Crippen molar-refractivity contribution in [1.29, 1.82) is 0 Å². The van der Waals surface area contributed by atoms with E-state index in [9.17, 15) is 0 Å². The lowest BCUT2D eigenvalue weighted by Gasteiger charge is -2.29. The maximum atomic E-state index is 6.15. The molecule has 0 fully saturated rings. The molecule has 0 N–H and O–H groups in total. The third-order valence-corrected chi connectivity index (χ3v) is 4.81. The Bertz CT molecular complexity index is 806. The molecule has 0 aliphatic carbocycles. The number of rotatable bonds is 6. The van der Waals surface area contributed by atoms with Gasteiger partial charge in [0.05, 0.1) is 5.70 Å². The van der Waals surface area contributed by atoms with Gasteiger partial charge < -0.3 is 4.90 Å². The first-order valence-corrected chi connectivity index (χ1v) is 9.48. The number of hydrogen-bond acceptors (Lipinski definition) is 1. The zero-order chi connectivity index (χ0) is 18.4. The Kier molecular flexibility index (Phi) is 6.14. The second-order valence-electron chi connectivity index (χ2n) is 6.13. The zero-order valence-electron chi connectivity index (χ0n) is 15.3. The van der Waals surface area contributed by atoms with Gasteiger partial charge in [-0.15, -0.1) is 0 Å². The fourth-order valence-corrected chi connectivity index (χ4v) is 3.41. The van der Waals surface area contributed by atoms with Crippen LogP contribution in [0.15, 0.2) is 84.9 Å². The van der Waals surface area contributed by atoms with Crippen molar-refractivity contribution in [1.82, 2.24) is 4.90 Å². The lowest BCUT2D eigenvalue weighted by Crippen LogP contribution is -2.22. The molecule has 0 heterocycles. The van der Waals surface area contributed by atoms with Crippen LogP contribution in [0.2, 0.25) is 5.02 Å². The molecule has 0 radical (unpaired) electrons. The van der Waals surface area contributed by atoms with Gasteiger partial charge in [0, 0.05) is 23.7 Å². The van der Waals surface area contributed by atoms with Crippen LogP contribution in [0.5, 0.6) is 0 Å². The Balaban J connectivity index is 2.34. The van der Waals surface area contributed by atoms with Crippen LogP contribution in [0.25, 0.3) is 11.3 Å². The lowest BCUT2D eigenvalue weighted by atomic mass is 9.92. The highest BCUT2D eigenvalue weighted by Crippen LogP contribution is 2.34. The normalized spacial score (nSPS) is 10.4. The maximum absolute atomic E-state index is 6.15. The number of benzene rings is 3. The molecule has 0 aliphatic rings. The molecule has 0 saturated heterocycles. The van der Waals surface area contributed by atoms with Crippen molar-refractivity contribution < 1.29 is 0 Å². The summed E-state index contributed by atoms with van der Waals surface area (Å²) in [7, 11) is 0. The van der Waals surface area contributed by atoms with Crippen molar-refractivity contribution in [3.63, 3.8) is 0 Å². The first-order valence-electron chi connectivity index (χ1n) is 9.10. The fraction of sp³-hybridized carbons (Fsp3) is 0.167. The van der Waals surface area contributed by atoms with Crippen LogP contribution < -0.4 is 0 Å². The Morgan fingerprint density at radius 3 is 1.54 bits per heavy atom. The number of hydrogen-bond donors (Lipinski definition) is 0. The van der Waals surface area contributed by atoms with Crippen LogP contribution in [0.3, 0.4) is 0 Å². The summed E-state index contributed by atoms with van der Waals surface area (Å²) >= 11 is 6.15. The van der Waals surface area contributed by atoms with Crippen molar-refractivity contribution in [2.24, 2.45) is 0 Å². The summed E-state index contributed by atoms with van der Waals surface area (Å²) in [6.07, 6.45) is 0. The zero-order valence-corrected chi connectivity index (χ0v) is 16.1. The van der Waals surface area contributed by atoms with E-state index in [1.807, 2.05) is 12.1 Å². The summed E-state index contributed by atoms with van der Waals surface area (Å²) in [5.74, 6) is 0. The summed E-state index contributed by atoms with van der Waals surface area (Å²) in [5.41, 5.74) is 6.10. The van der Waals surface area contributed by atoms with Gasteiger partial charge in [0.1, 0.15) is 0 Å². The second kappa shape index (κ2) is 8.73. The van der Waals surface area contributed by atoms with E-state index in [2.05, 4.69) is 91.5 Å². The molecule has 3 aromatic carbocycles. The Morgan fingerprint density at radius 1 is 0.654 bits per heavy atom. The van der Waals surface area contributed by atoms with Gasteiger partial charge in [0.15, 0.2) is 0 Å². The Hall–Kier alpha value is -2.51. The van der Waals surface area contributed by atoms with Gasteiger partial charge in [-0.25, -0.2) is 0 Å². The van der Waals surface area contributed by atoms with Crippen LogP contribution >= 0.6 is 11.6 Å². The van der Waals surface area contributed by atoms with Crippen LogP contribution in [-0.4, -0.2) is 18.0 Å². The first kappa shape index (κ1) is 18.3. The van der Waals surface area contributed by atoms with Gasteiger partial charge in [-0.1, -0.05) is 84.4 Å². The summed E-state index contributed by atoms with van der Waals surface area (Å²) in [6.45, 7) is 6.29. The van der Waals surface area contributed by atoms with E-state index in [-0.39, 0.29) is 0 Å². The van der Waals surface area contributed by atoms with Crippen LogP contribution in [-0.2, 0) is 0 Å². The van der Waals surface area contributed by atoms with Crippen molar-refractivity contribution in [2.45, 2.75) is 13.8 Å². The maximum Gasteiger partial charge on any atom is 0.0525 e. The molecule has 0 atom stereocenters. The molecule has 1 nitrogen and oxygen atoms in total. The number of nitrogens with zero attached hydrogens (tertiary/aromatic N) is 1. The monoisotopic (exact) mass is 361 g/mol. The minimum atomic E-state index is 0.758. The van der Waals surface area contributed by atoms with Crippen molar-refractivity contribution >= 4 is 22.9 Å². The molecule has 132 valence electrons. The smallest absolute Gasteiger partial charge is 0.0525 e. The topological polar surface area (TPSA) is 3.24 Å². The highest BCUT2D eigenvalue weighted by Gasteiger charge is 2.18. The average molecular weight is 362 g/mol. The van der Waals surface area contributed by atoms with E-state index < -0.39 is 0 Å². The van der Waals surface area contributed by atoms with Crippen molar-refractivity contribution in [3.8, 4) is 0 Å². The quantitative estimate of drug-likeness (QED) is 0.447. The minimum Gasteiger partial charge on any atom is -0.371 e. The SMILES string of the molecule is CCN(CC)C(=C(c1ccccc1)c1ccccc1)c1ccc(Cl)cc1. The molecule has 3 aromatic rings. The molecule has 0 unspecified atom stereocenters. The van der Waals surface area contributed by atoms with Gasteiger partial charge in [-0.05, 0) is 42.7 Å². The molecular weight excluding hydrogens is 338 g/mol. The average Bonchev–Trinajstić information content (AvgIpc) is 2.70. The largest absolute Gasteiger partial charge is 0.371 e. The molecule has 2 heteroatoms. The molecule has 0 aromatic heterocycles. The van der Waals surface area contributed by atoms with Gasteiger partial charge in [-0.2, -0.15) is 0 Å². The van der Waals surface area contributed by atoms with Gasteiger partial charge in [0.25, 0.3) is 0 Å². The fourth-order valence-electron chi connectivity index (χ4n) is 3.28. The predicted molar refractivity (Wildman–Crippen MR) is 113 cm³/mol. The van der Waals surface area contributed by atoms with Crippen molar-refractivity contribution in [3.05, 3.63) is 107 Å². The van der Waals surface area contributed by atoms with Crippen LogP contribution in [0, 0.1) is 0 Å². The summed E-state index contributed by atoms with van der Waals surface area (Å²) in [6, 6.07) is 29.4. The van der Waals surface area contributed by atoms with E-state index in [0.29, 0.717) is 0 Å². The van der Waals surface area contributed by atoms with Gasteiger partial charge in [-0.3, -0.25) is 0 Å². The molecule has 3 rings (SSSR count). The van der Waals surface area contributed by atoms with Crippen molar-refractivity contribution in [2.75, 3.05) is 13.1 Å². The summed E-state index contributed by atoms with van der Waals surface area (Å²) in [4.78, 5) is 2.42. The third kappa shape index (κ3) is 4.00. The standard InChI is InChI=1S/C24H24ClN/c1-3-26(4-2)24(21-15-17-22(25)18-16-21)23(19-11-7-5-8-12-19)20-13-9-6-10-14-20/h5-18H,3-4H2,1-2H3. The molecular formula is C24H24ClN. The molecule has 0 saturated carbocycles. The Morgan fingerprint density at radius 2 is 1.12 bits per heavy atom. The van der Waals surface area contributed by atoms with E-state index in [1.54, 1.807) is 0 Å². The number of halogens is 1. The van der Waals surface area contributed by atoms with Crippen LogP contribution in [0.1, 0.15) is 30.5 Å². The van der Waals surface area contributed by atoms with E-state index >= 15 is 0 Å². The predicted octanol–water partition coefficient (Wildman–Crippen LogP) is 6.60. The van der Waals surface area contributed by atoms with E-state index in [0.717, 1.165) is 18.1 Å². The highest BCUT2D eigenvalue weighted by molar-refractivity contribution is 6.30. The summed E-state index contributed by atoms with van der Waals surface area (Å²) in [5, 5.41) is 0.758. The molecule has 0 amide bonds. The molecule has 26 heavy (non-hydrogen) atoms. The molecule has 0 bridgehead atoms. The van der Waals surface area contributed by atoms with E-state index in [1.165, 1.54) is 28.0 Å². The highest BCUT2D eigenvalue weighted by atomic mass is 35.5. The third-order valence-electron chi connectivity index (χ3n) is 4.56. The lowest BCUT2D eigenvalue weighted by molar-refractivity contribution is 0.443. The molecule has 0 spiro atoms. The van der Waals surface area contributed by atoms with E-state index in [4.69, 9.17) is 11.6 Å². The summed E-state index contributed by atoms with van der Waals surface area (Å²) < 4.78 is 0. The van der Waals surface area contributed by atoms with Gasteiger partial charge in [0.2, 0.25) is 0 Å². The second-order valence-corrected chi connectivity index (χ2v) is 6.57. The van der Waals surface area contributed by atoms with Crippen LogP contribution in [0.4, 0.5) is 0 Å². The van der Waals surface area contributed by atoms with Gasteiger partial charge >= 0.3 is 0 Å². The Labute approximate surface area is 161 Å². The molecule has 0 aliphatic heterocycles. The first-order chi connectivity index (χ1) is 12.7. The minimum absolute atomic E-state index is 0.758.